The summed E-state index contributed by atoms with van der Waals surface area (Å²) in [7, 11) is 0. The van der Waals surface area contributed by atoms with Crippen LogP contribution in [0.4, 0.5) is 0 Å². The van der Waals surface area contributed by atoms with Crippen molar-refractivity contribution in [1.29, 1.82) is 0 Å². The predicted molar refractivity (Wildman–Crippen MR) is 57.6 cm³/mol. The van der Waals surface area contributed by atoms with Gasteiger partial charge in [0.15, 0.2) is 5.78 Å². The van der Waals surface area contributed by atoms with Gasteiger partial charge in [0, 0.05) is 11.5 Å². The van der Waals surface area contributed by atoms with Gasteiger partial charge >= 0.3 is 0 Å². The van der Waals surface area contributed by atoms with Gasteiger partial charge in [-0.1, -0.05) is 30.7 Å². The van der Waals surface area contributed by atoms with Gasteiger partial charge in [-0.25, -0.2) is 0 Å². The number of hydrogen-bond donors (Lipinski definition) is 0. The zero-order valence-corrected chi connectivity index (χ0v) is 8.84. The minimum Gasteiger partial charge on any atom is -0.294 e. The van der Waals surface area contributed by atoms with E-state index in [9.17, 15) is 4.79 Å². The third-order valence-electron chi connectivity index (χ3n) is 3.15. The monoisotopic (exact) mass is 188 g/mol. The Morgan fingerprint density at radius 1 is 1.43 bits per heavy atom. The van der Waals surface area contributed by atoms with Crippen molar-refractivity contribution in [1.82, 2.24) is 0 Å². The molecule has 0 spiro atoms. The first-order chi connectivity index (χ1) is 6.72. The molecule has 0 radical (unpaired) electrons. The van der Waals surface area contributed by atoms with Crippen molar-refractivity contribution < 1.29 is 4.79 Å². The molecule has 0 bridgehead atoms. The summed E-state index contributed by atoms with van der Waals surface area (Å²) < 4.78 is 0. The van der Waals surface area contributed by atoms with Gasteiger partial charge in [-0.05, 0) is 31.7 Å². The molecule has 1 heteroatoms. The molecule has 0 N–H and O–H groups in total. The molecule has 1 nitrogen and oxygen atoms in total. The molecule has 1 aliphatic carbocycles. The summed E-state index contributed by atoms with van der Waals surface area (Å²) in [6.07, 6.45) is 3.08. The van der Waals surface area contributed by atoms with E-state index in [0.29, 0.717) is 5.78 Å². The van der Waals surface area contributed by atoms with Crippen molar-refractivity contribution in [3.8, 4) is 0 Å². The van der Waals surface area contributed by atoms with Crippen LogP contribution in [0.15, 0.2) is 18.2 Å². The maximum Gasteiger partial charge on any atom is 0.166 e. The largest absolute Gasteiger partial charge is 0.294 e. The van der Waals surface area contributed by atoms with E-state index in [2.05, 4.69) is 19.9 Å². The van der Waals surface area contributed by atoms with Crippen LogP contribution in [-0.4, -0.2) is 5.78 Å². The Balaban J connectivity index is 2.41. The fraction of sp³-hybridized carbons (Fsp3) is 0.462. The lowest BCUT2D eigenvalue weighted by Gasteiger charge is -2.22. The smallest absolute Gasteiger partial charge is 0.166 e. The molecule has 1 aromatic rings. The number of rotatable bonds is 1. The topological polar surface area (TPSA) is 17.1 Å². The van der Waals surface area contributed by atoms with Crippen LogP contribution in [0.1, 0.15) is 41.3 Å². The van der Waals surface area contributed by atoms with Gasteiger partial charge in [0.05, 0.1) is 0 Å². The second kappa shape index (κ2) is 3.56. The van der Waals surface area contributed by atoms with E-state index in [1.165, 1.54) is 11.1 Å². The summed E-state index contributed by atoms with van der Waals surface area (Å²) >= 11 is 0. The first kappa shape index (κ1) is 9.45. The fourth-order valence-electron chi connectivity index (χ4n) is 2.24. The highest BCUT2D eigenvalue weighted by Crippen LogP contribution is 2.27. The standard InChI is InChI=1S/C13H16O/c1-3-10-5-6-11-8-9(2)4-7-12(11)13(10)14/h4,7-8,10H,3,5-6H2,1-2H3. The number of carbonyl (C=O) groups is 1. The third kappa shape index (κ3) is 1.47. The van der Waals surface area contributed by atoms with E-state index in [-0.39, 0.29) is 5.92 Å². The summed E-state index contributed by atoms with van der Waals surface area (Å²) in [5.74, 6) is 0.624. The molecule has 1 atom stereocenters. The Hall–Kier alpha value is -1.11. The zero-order chi connectivity index (χ0) is 10.1. The van der Waals surface area contributed by atoms with Gasteiger partial charge < -0.3 is 0 Å². The van der Waals surface area contributed by atoms with Crippen LogP contribution in [0, 0.1) is 12.8 Å². The molecule has 1 unspecified atom stereocenters. The maximum atomic E-state index is 12.0. The molecule has 2 rings (SSSR count). The van der Waals surface area contributed by atoms with E-state index < -0.39 is 0 Å². The Labute approximate surface area is 85.1 Å². The lowest BCUT2D eigenvalue weighted by Crippen LogP contribution is -2.21. The number of carbonyl (C=O) groups excluding carboxylic acids is 1. The Kier molecular flexibility index (Phi) is 2.40. The van der Waals surface area contributed by atoms with E-state index in [1.54, 1.807) is 0 Å². The van der Waals surface area contributed by atoms with E-state index >= 15 is 0 Å². The van der Waals surface area contributed by atoms with E-state index in [4.69, 9.17) is 0 Å². The van der Waals surface area contributed by atoms with Gasteiger partial charge in [0.25, 0.3) is 0 Å². The molecule has 14 heavy (non-hydrogen) atoms. The molecule has 1 aromatic carbocycles. The number of benzene rings is 1. The van der Waals surface area contributed by atoms with Crippen molar-refractivity contribution in [2.24, 2.45) is 5.92 Å². The van der Waals surface area contributed by atoms with Gasteiger partial charge in [-0.15, -0.1) is 0 Å². The quantitative estimate of drug-likeness (QED) is 0.661. The van der Waals surface area contributed by atoms with Crippen LogP contribution in [0.3, 0.4) is 0 Å². The predicted octanol–water partition coefficient (Wildman–Crippen LogP) is 3.15. The van der Waals surface area contributed by atoms with Crippen molar-refractivity contribution in [3.05, 3.63) is 34.9 Å². The minimum absolute atomic E-state index is 0.269. The Bertz CT molecular complexity index is 365. The minimum atomic E-state index is 0.269. The number of fused-ring (bicyclic) bond motifs is 1. The molecule has 74 valence electrons. The summed E-state index contributed by atoms with van der Waals surface area (Å²) in [5.41, 5.74) is 3.47. The summed E-state index contributed by atoms with van der Waals surface area (Å²) in [6.45, 7) is 4.18. The van der Waals surface area contributed by atoms with E-state index in [0.717, 1.165) is 24.8 Å². The normalized spacial score (nSPS) is 20.7. The highest BCUT2D eigenvalue weighted by Gasteiger charge is 2.25. The van der Waals surface area contributed by atoms with Gasteiger partial charge in [-0.3, -0.25) is 4.79 Å². The highest BCUT2D eigenvalue weighted by molar-refractivity contribution is 6.00. The summed E-state index contributed by atoms with van der Waals surface area (Å²) in [6, 6.07) is 6.18. The van der Waals surface area contributed by atoms with Gasteiger partial charge in [0.1, 0.15) is 0 Å². The van der Waals surface area contributed by atoms with Crippen LogP contribution in [0.25, 0.3) is 0 Å². The van der Waals surface area contributed by atoms with Crippen LogP contribution in [-0.2, 0) is 6.42 Å². The molecule has 0 heterocycles. The van der Waals surface area contributed by atoms with Gasteiger partial charge in [0.2, 0.25) is 0 Å². The molecular weight excluding hydrogens is 172 g/mol. The van der Waals surface area contributed by atoms with Crippen molar-refractivity contribution in [2.75, 3.05) is 0 Å². The second-order valence-corrected chi connectivity index (χ2v) is 4.17. The van der Waals surface area contributed by atoms with Crippen molar-refractivity contribution >= 4 is 5.78 Å². The average molecular weight is 188 g/mol. The molecule has 0 aliphatic heterocycles. The lowest BCUT2D eigenvalue weighted by molar-refractivity contribution is 0.0898. The number of aryl methyl sites for hydroxylation is 2. The zero-order valence-electron chi connectivity index (χ0n) is 8.84. The van der Waals surface area contributed by atoms with Crippen LogP contribution >= 0.6 is 0 Å². The molecule has 0 aromatic heterocycles. The first-order valence-corrected chi connectivity index (χ1v) is 5.36. The second-order valence-electron chi connectivity index (χ2n) is 4.17. The summed E-state index contributed by atoms with van der Waals surface area (Å²) in [5, 5.41) is 0. The highest BCUT2D eigenvalue weighted by atomic mass is 16.1. The Morgan fingerprint density at radius 3 is 2.93 bits per heavy atom. The van der Waals surface area contributed by atoms with Crippen LogP contribution in [0.5, 0.6) is 0 Å². The Morgan fingerprint density at radius 2 is 2.21 bits per heavy atom. The average Bonchev–Trinajstić information content (AvgIpc) is 2.18. The number of ketones is 1. The van der Waals surface area contributed by atoms with Crippen molar-refractivity contribution in [3.63, 3.8) is 0 Å². The number of Topliss-reactive ketones (excluding diaryl/α,β-unsaturated/α-hetero) is 1. The first-order valence-electron chi connectivity index (χ1n) is 5.36. The fourth-order valence-corrected chi connectivity index (χ4v) is 2.24. The molecule has 0 fully saturated rings. The van der Waals surface area contributed by atoms with Crippen LogP contribution in [0.2, 0.25) is 0 Å². The molecule has 0 amide bonds. The molecule has 0 saturated carbocycles. The van der Waals surface area contributed by atoms with E-state index in [1.807, 2.05) is 12.1 Å². The summed E-state index contributed by atoms with van der Waals surface area (Å²) in [4.78, 5) is 12.0. The lowest BCUT2D eigenvalue weighted by atomic mass is 9.81. The van der Waals surface area contributed by atoms with Crippen LogP contribution < -0.4 is 0 Å². The maximum absolute atomic E-state index is 12.0. The SMILES string of the molecule is CCC1CCc2cc(C)ccc2C1=O. The molecule has 1 aliphatic rings. The molecular formula is C13H16O. The molecule has 0 saturated heterocycles. The number of hydrogen-bond acceptors (Lipinski definition) is 1. The van der Waals surface area contributed by atoms with Gasteiger partial charge in [-0.2, -0.15) is 0 Å². The third-order valence-corrected chi connectivity index (χ3v) is 3.15. The van der Waals surface area contributed by atoms with Crippen molar-refractivity contribution in [2.45, 2.75) is 33.1 Å².